The van der Waals surface area contributed by atoms with Crippen LogP contribution in [0.25, 0.3) is 0 Å². The van der Waals surface area contributed by atoms with Crippen LogP contribution in [0.4, 0.5) is 79.0 Å². The summed E-state index contributed by atoms with van der Waals surface area (Å²) in [6.07, 6.45) is -42.8. The number of benzene rings is 2. The van der Waals surface area contributed by atoms with Crippen molar-refractivity contribution in [3.05, 3.63) is 60.7 Å². The van der Waals surface area contributed by atoms with Gasteiger partial charge in [0.05, 0.1) is 71.4 Å². The number of fused-ring (bicyclic) bond motifs is 2. The van der Waals surface area contributed by atoms with Crippen LogP contribution in [0.15, 0.2) is 60.7 Å². The Morgan fingerprint density at radius 1 is 0.392 bits per heavy atom. The summed E-state index contributed by atoms with van der Waals surface area (Å²) in [6, 6.07) is 16.8. The molecule has 686 valence electrons. The van der Waals surface area contributed by atoms with Gasteiger partial charge < -0.3 is 71.1 Å². The van der Waals surface area contributed by atoms with Crippen molar-refractivity contribution in [2.24, 2.45) is 35.5 Å². The fourth-order valence-electron chi connectivity index (χ4n) is 8.93. The van der Waals surface area contributed by atoms with Gasteiger partial charge in [-0.1, -0.05) is 50.2 Å². The van der Waals surface area contributed by atoms with E-state index in [1.165, 1.54) is 27.9 Å². The minimum atomic E-state index is -6.10. The molecule has 48 heteroatoms. The van der Waals surface area contributed by atoms with Crippen molar-refractivity contribution in [1.29, 1.82) is 0 Å². The van der Waals surface area contributed by atoms with Crippen LogP contribution in [0, 0.1) is 35.5 Å². The first-order valence-electron chi connectivity index (χ1n) is 35.2. The van der Waals surface area contributed by atoms with Crippen molar-refractivity contribution in [1.82, 2.24) is 0 Å². The molecule has 2 bridgehead atoms. The fraction of sp³-hybridized carbons (Fsp3) is 0.625. The molecule has 0 aliphatic heterocycles. The quantitative estimate of drug-likeness (QED) is 0.0230. The molecule has 0 spiro atoms. The summed E-state index contributed by atoms with van der Waals surface area (Å²) in [5, 5.41) is 0. The topological polar surface area (TPSA) is 394 Å². The number of rotatable bonds is 30. The van der Waals surface area contributed by atoms with E-state index in [1.54, 1.807) is 88.4 Å². The van der Waals surface area contributed by atoms with Crippen LogP contribution in [0.1, 0.15) is 135 Å². The number of para-hydroxylation sites is 2. The molecule has 2 aromatic rings. The van der Waals surface area contributed by atoms with Crippen molar-refractivity contribution in [3.63, 3.8) is 0 Å². The molecule has 7 unspecified atom stereocenters. The number of hydrogen-bond donors (Lipinski definition) is 0. The second-order valence-electron chi connectivity index (χ2n) is 23.4. The van der Waals surface area contributed by atoms with Crippen LogP contribution in [0.5, 0.6) is 11.5 Å². The van der Waals surface area contributed by atoms with Crippen LogP contribution >= 0.6 is 0 Å². The van der Waals surface area contributed by atoms with Crippen LogP contribution in [-0.4, -0.2) is 211 Å². The van der Waals surface area contributed by atoms with E-state index in [4.69, 9.17) is 33.2 Å². The Hall–Kier alpha value is -10.8. The molecule has 0 radical (unpaired) electrons. The second-order valence-corrected chi connectivity index (χ2v) is 23.4. The third-order valence-corrected chi connectivity index (χ3v) is 13.6. The number of methoxy groups -OCH3 is 1. The second kappa shape index (κ2) is 58.2. The molecular weight excluding hydrogens is 1690 g/mol. The van der Waals surface area contributed by atoms with E-state index in [1.807, 2.05) is 13.8 Å². The van der Waals surface area contributed by atoms with Gasteiger partial charge in [-0.05, 0) is 90.0 Å². The molecular formula is C72H92F18O30. The Balaban J connectivity index is -0.000000682. The predicted molar refractivity (Wildman–Crippen MR) is 367 cm³/mol. The van der Waals surface area contributed by atoms with Gasteiger partial charge in [0.25, 0.3) is 6.10 Å². The molecule has 0 amide bonds. The van der Waals surface area contributed by atoms with Crippen LogP contribution < -0.4 is 9.47 Å². The highest BCUT2D eigenvalue weighted by Gasteiger charge is 2.61. The molecule has 0 aromatic heterocycles. The Morgan fingerprint density at radius 2 is 0.717 bits per heavy atom. The number of halogens is 18. The molecule has 2 fully saturated rings. The van der Waals surface area contributed by atoms with Gasteiger partial charge in [0.2, 0.25) is 12.2 Å². The third-order valence-electron chi connectivity index (χ3n) is 13.6. The van der Waals surface area contributed by atoms with Crippen LogP contribution in [0.3, 0.4) is 0 Å². The molecule has 2 saturated carbocycles. The van der Waals surface area contributed by atoms with Crippen molar-refractivity contribution in [2.45, 2.75) is 196 Å². The smallest absolute Gasteiger partial charge is 0.434 e. The Morgan fingerprint density at radius 3 is 1.02 bits per heavy atom. The first-order valence-corrected chi connectivity index (χ1v) is 35.2. The van der Waals surface area contributed by atoms with E-state index in [-0.39, 0.29) is 75.9 Å². The molecule has 120 heavy (non-hydrogen) atoms. The summed E-state index contributed by atoms with van der Waals surface area (Å²) in [4.78, 5) is 169. The van der Waals surface area contributed by atoms with Gasteiger partial charge in [0.1, 0.15) is 11.5 Å². The minimum Gasteiger partial charge on any atom is -0.469 e. The highest BCUT2D eigenvalue weighted by molar-refractivity contribution is 5.97. The van der Waals surface area contributed by atoms with Gasteiger partial charge in [-0.3, -0.25) is 62.3 Å². The average molecular weight is 1780 g/mol. The number of alkyl halides is 18. The maximum absolute atomic E-state index is 12.4. The van der Waals surface area contributed by atoms with E-state index in [9.17, 15) is 151 Å². The minimum absolute atomic E-state index is 0.0162. The van der Waals surface area contributed by atoms with Gasteiger partial charge in [0, 0.05) is 54.4 Å². The zero-order chi connectivity index (χ0) is 93.9. The highest BCUT2D eigenvalue weighted by atomic mass is 19.4. The van der Waals surface area contributed by atoms with Crippen LogP contribution in [-0.2, 0) is 133 Å². The molecule has 7 atom stereocenters. The lowest BCUT2D eigenvalue weighted by molar-refractivity contribution is -0.315. The first-order chi connectivity index (χ1) is 55.2. The molecule has 0 saturated heterocycles. The molecule has 2 aliphatic carbocycles. The standard InChI is InChI=1S/C19H18O6.C13H20O4.C12H11F9O6.C11H18O6.C10H10F6O6.C3H6O2.C2H3F3.C2H6/c1-14(20)23-13-12-17(18(21)24-15-8-4-2-5-9-15)19(22)25-16-10-6-3-7-11-16;1-3-16-12(14)10-8-5-6-9(7-8)11(10)13(15)17-4-2;1-4(10(13,14)15)25-7(23)3-6(26-5(2)22)8(24)27-9(11(16,17)18)12(19,20)21;1-4-15-10(13)9(11(14)16-5-2)6-7-17-8(3)12;1-5(17)22-6(8(19)21-4-10(14,15)16)2-7(18)20-3-9(11,12)13;1-3(4)5-2;1-2(3,4)5;1-2/h2-11,17H,12-13H2,1H3;8-11H,3-7H2,1-2H3;4,6,9H,3H2,1-2H3;9H,4-7H2,1-3H3;6H,2-4H2,1H3;1-2H3;1H3;1-2H3. The largest absolute Gasteiger partial charge is 0.469 e. The zero-order valence-corrected chi connectivity index (χ0v) is 66.7. The van der Waals surface area contributed by atoms with E-state index in [0.717, 1.165) is 26.2 Å². The van der Waals surface area contributed by atoms with Crippen molar-refractivity contribution in [2.75, 3.05) is 60.0 Å². The molecule has 0 heterocycles. The lowest BCUT2D eigenvalue weighted by atomic mass is 9.79. The van der Waals surface area contributed by atoms with Crippen molar-refractivity contribution >= 4 is 89.5 Å². The van der Waals surface area contributed by atoms with Crippen molar-refractivity contribution in [3.8, 4) is 11.5 Å². The van der Waals surface area contributed by atoms with Gasteiger partial charge in [-0.15, -0.1) is 0 Å². The summed E-state index contributed by atoms with van der Waals surface area (Å²) in [6.45, 7) is 13.7. The summed E-state index contributed by atoms with van der Waals surface area (Å²) in [7, 11) is 1.35. The summed E-state index contributed by atoms with van der Waals surface area (Å²) < 4.78 is 279. The van der Waals surface area contributed by atoms with E-state index < -0.39 is 171 Å². The van der Waals surface area contributed by atoms with E-state index in [2.05, 4.69) is 37.9 Å². The number of carbonyl (C=O) groups excluding carboxylic acids is 15. The molecule has 2 aliphatic rings. The Labute approximate surface area is 674 Å². The maximum atomic E-state index is 12.4. The predicted octanol–water partition coefficient (Wildman–Crippen LogP) is 12.4. The van der Waals surface area contributed by atoms with E-state index >= 15 is 0 Å². The SMILES string of the molecule is CC.CC(=O)OC(CC(=O)OC(C)C(F)(F)F)C(=O)OC(C(F)(F)F)C(F)(F)F.CC(=O)OC(CC(=O)OCC(F)(F)F)C(=O)OCC(F)(F)F.CC(=O)OCCC(C(=O)Oc1ccccc1)C(=O)Oc1ccccc1.CC(F)(F)F.CCOC(=O)C(CCOC(C)=O)C(=O)OCC.CCOC(=O)C1C2CCC(C2)C1C(=O)OCC.COC(C)=O. The van der Waals surface area contributed by atoms with E-state index in [0.29, 0.717) is 50.4 Å². The first kappa shape index (κ1) is 116. The number of esters is 15. The van der Waals surface area contributed by atoms with Gasteiger partial charge >= 0.3 is 127 Å². The Kier molecular flexibility index (Phi) is 56.0. The molecule has 2 aromatic carbocycles. The molecule has 0 N–H and O–H groups in total. The number of ether oxygens (including phenoxy) is 15. The zero-order valence-electron chi connectivity index (χ0n) is 66.7. The van der Waals surface area contributed by atoms with Gasteiger partial charge in [0.15, 0.2) is 31.2 Å². The lowest BCUT2D eigenvalue weighted by Crippen LogP contribution is -2.48. The fourth-order valence-corrected chi connectivity index (χ4v) is 8.93. The number of hydrogen-bond acceptors (Lipinski definition) is 30. The van der Waals surface area contributed by atoms with Gasteiger partial charge in [-0.25, -0.2) is 9.59 Å². The van der Waals surface area contributed by atoms with Crippen LogP contribution in [0.2, 0.25) is 0 Å². The molecule has 4 rings (SSSR count). The maximum Gasteiger partial charge on any atom is 0.434 e. The monoisotopic (exact) mass is 1780 g/mol. The lowest BCUT2D eigenvalue weighted by Gasteiger charge is -2.27. The summed E-state index contributed by atoms with van der Waals surface area (Å²) >= 11 is 0. The number of carbonyl (C=O) groups is 15. The van der Waals surface area contributed by atoms with Crippen molar-refractivity contribution < 1.29 is 222 Å². The summed E-state index contributed by atoms with van der Waals surface area (Å²) in [5.74, 6) is -16.2. The highest BCUT2D eigenvalue weighted by Crippen LogP contribution is 2.53. The Bertz CT molecular complexity index is 3350. The molecule has 30 nitrogen and oxygen atoms in total. The van der Waals surface area contributed by atoms with Gasteiger partial charge in [-0.2, -0.15) is 79.0 Å². The average Bonchev–Trinajstić information content (AvgIpc) is 1.62. The summed E-state index contributed by atoms with van der Waals surface area (Å²) in [5.41, 5.74) is 0. The third kappa shape index (κ3) is 56.6. The normalized spacial score (nSPS) is 15.1.